The first-order chi connectivity index (χ1) is 8.63. The highest BCUT2D eigenvalue weighted by molar-refractivity contribution is 5.78. The SMILES string of the molecule is CNCC(C)C(=O)NCC1(CCOC)CCCC1. The van der Waals surface area contributed by atoms with Gasteiger partial charge in [0.2, 0.25) is 5.91 Å². The van der Waals surface area contributed by atoms with E-state index >= 15 is 0 Å². The van der Waals surface area contributed by atoms with Crippen LogP contribution in [0.25, 0.3) is 0 Å². The van der Waals surface area contributed by atoms with Gasteiger partial charge in [-0.25, -0.2) is 0 Å². The van der Waals surface area contributed by atoms with E-state index in [4.69, 9.17) is 4.74 Å². The van der Waals surface area contributed by atoms with Crippen LogP contribution in [0, 0.1) is 11.3 Å². The average Bonchev–Trinajstić information content (AvgIpc) is 2.83. The van der Waals surface area contributed by atoms with E-state index in [1.54, 1.807) is 7.11 Å². The molecule has 18 heavy (non-hydrogen) atoms. The van der Waals surface area contributed by atoms with E-state index < -0.39 is 0 Å². The summed E-state index contributed by atoms with van der Waals surface area (Å²) < 4.78 is 5.20. The molecule has 1 rings (SSSR count). The molecule has 0 radical (unpaired) electrons. The minimum Gasteiger partial charge on any atom is -0.385 e. The molecule has 4 nitrogen and oxygen atoms in total. The van der Waals surface area contributed by atoms with E-state index in [9.17, 15) is 4.79 Å². The first-order valence-corrected chi connectivity index (χ1v) is 7.05. The Morgan fingerprint density at radius 3 is 2.61 bits per heavy atom. The Morgan fingerprint density at radius 2 is 2.06 bits per heavy atom. The molecule has 0 aliphatic heterocycles. The lowest BCUT2D eigenvalue weighted by molar-refractivity contribution is -0.124. The predicted octanol–water partition coefficient (Wildman–Crippen LogP) is 1.55. The summed E-state index contributed by atoms with van der Waals surface area (Å²) in [6.45, 7) is 4.30. The zero-order valence-electron chi connectivity index (χ0n) is 12.1. The Balaban J connectivity index is 2.40. The molecular formula is C14H28N2O2. The van der Waals surface area contributed by atoms with Crippen LogP contribution in [0.4, 0.5) is 0 Å². The number of ether oxygens (including phenoxy) is 1. The summed E-state index contributed by atoms with van der Waals surface area (Å²) in [5.41, 5.74) is 0.283. The first kappa shape index (κ1) is 15.4. The van der Waals surface area contributed by atoms with Gasteiger partial charge in [0.05, 0.1) is 0 Å². The Labute approximate surface area is 111 Å². The monoisotopic (exact) mass is 256 g/mol. The third-order valence-corrected chi connectivity index (χ3v) is 4.10. The molecule has 106 valence electrons. The van der Waals surface area contributed by atoms with Gasteiger partial charge in [-0.1, -0.05) is 19.8 Å². The highest BCUT2D eigenvalue weighted by Crippen LogP contribution is 2.40. The molecule has 1 fully saturated rings. The van der Waals surface area contributed by atoms with Gasteiger partial charge in [0.15, 0.2) is 0 Å². The van der Waals surface area contributed by atoms with Gasteiger partial charge in [-0.15, -0.1) is 0 Å². The van der Waals surface area contributed by atoms with Gasteiger partial charge >= 0.3 is 0 Å². The number of hydrogen-bond acceptors (Lipinski definition) is 3. The quantitative estimate of drug-likeness (QED) is 0.693. The van der Waals surface area contributed by atoms with E-state index in [0.717, 1.165) is 26.1 Å². The zero-order chi connectivity index (χ0) is 13.4. The highest BCUT2D eigenvalue weighted by atomic mass is 16.5. The van der Waals surface area contributed by atoms with Crippen LogP contribution in [-0.2, 0) is 9.53 Å². The number of hydrogen-bond donors (Lipinski definition) is 2. The lowest BCUT2D eigenvalue weighted by Crippen LogP contribution is -2.41. The Kier molecular flexibility index (Phi) is 6.65. The van der Waals surface area contributed by atoms with Crippen LogP contribution in [0.5, 0.6) is 0 Å². The molecule has 0 aromatic rings. The summed E-state index contributed by atoms with van der Waals surface area (Å²) in [5, 5.41) is 6.16. The van der Waals surface area contributed by atoms with Crippen molar-refractivity contribution >= 4 is 5.91 Å². The van der Waals surface area contributed by atoms with Crippen LogP contribution < -0.4 is 10.6 Å². The van der Waals surface area contributed by atoms with Crippen LogP contribution in [0.2, 0.25) is 0 Å². The molecule has 1 atom stereocenters. The van der Waals surface area contributed by atoms with Gasteiger partial charge in [-0.05, 0) is 31.7 Å². The number of amides is 1. The fraction of sp³-hybridized carbons (Fsp3) is 0.929. The van der Waals surface area contributed by atoms with E-state index in [0.29, 0.717) is 0 Å². The fourth-order valence-electron chi connectivity index (χ4n) is 2.81. The maximum absolute atomic E-state index is 11.9. The number of carbonyl (C=O) groups excluding carboxylic acids is 1. The Morgan fingerprint density at radius 1 is 1.39 bits per heavy atom. The van der Waals surface area contributed by atoms with Gasteiger partial charge < -0.3 is 15.4 Å². The smallest absolute Gasteiger partial charge is 0.224 e. The zero-order valence-corrected chi connectivity index (χ0v) is 12.1. The van der Waals surface area contributed by atoms with E-state index in [2.05, 4.69) is 10.6 Å². The first-order valence-electron chi connectivity index (χ1n) is 7.05. The number of carbonyl (C=O) groups is 1. The minimum absolute atomic E-state index is 0.0379. The third kappa shape index (κ3) is 4.58. The van der Waals surface area contributed by atoms with Crippen molar-refractivity contribution in [2.24, 2.45) is 11.3 Å². The van der Waals surface area contributed by atoms with Crippen LogP contribution in [0.3, 0.4) is 0 Å². The molecule has 1 aliphatic rings. The molecule has 0 heterocycles. The predicted molar refractivity (Wildman–Crippen MR) is 73.5 cm³/mol. The van der Waals surface area contributed by atoms with Gasteiger partial charge in [-0.2, -0.15) is 0 Å². The van der Waals surface area contributed by atoms with Crippen molar-refractivity contribution in [3.63, 3.8) is 0 Å². The third-order valence-electron chi connectivity index (χ3n) is 4.10. The van der Waals surface area contributed by atoms with Crippen LogP contribution in [0.1, 0.15) is 39.0 Å². The molecule has 0 aromatic carbocycles. The minimum atomic E-state index is 0.0379. The van der Waals surface area contributed by atoms with Gasteiger partial charge in [0.1, 0.15) is 0 Å². The molecule has 1 aliphatic carbocycles. The van der Waals surface area contributed by atoms with Crippen molar-refractivity contribution in [1.82, 2.24) is 10.6 Å². The summed E-state index contributed by atoms with van der Waals surface area (Å²) in [7, 11) is 3.62. The molecule has 4 heteroatoms. The summed E-state index contributed by atoms with van der Waals surface area (Å²) in [6.07, 6.45) is 6.07. The lowest BCUT2D eigenvalue weighted by atomic mass is 9.83. The summed E-state index contributed by atoms with van der Waals surface area (Å²) in [5.74, 6) is 0.198. The number of rotatable bonds is 8. The molecular weight excluding hydrogens is 228 g/mol. The van der Waals surface area contributed by atoms with Crippen LogP contribution in [-0.4, -0.2) is 39.8 Å². The van der Waals surface area contributed by atoms with Gasteiger partial charge in [-0.3, -0.25) is 4.79 Å². The van der Waals surface area contributed by atoms with Crippen molar-refractivity contribution < 1.29 is 9.53 Å². The maximum atomic E-state index is 11.9. The number of nitrogens with one attached hydrogen (secondary N) is 2. The van der Waals surface area contributed by atoms with E-state index in [1.165, 1.54) is 25.7 Å². The molecule has 2 N–H and O–H groups in total. The van der Waals surface area contributed by atoms with E-state index in [1.807, 2.05) is 14.0 Å². The van der Waals surface area contributed by atoms with E-state index in [-0.39, 0.29) is 17.2 Å². The molecule has 1 unspecified atom stereocenters. The fourth-order valence-corrected chi connectivity index (χ4v) is 2.81. The van der Waals surface area contributed by atoms with Crippen molar-refractivity contribution in [2.75, 3.05) is 33.9 Å². The second-order valence-electron chi connectivity index (χ2n) is 5.63. The normalized spacial score (nSPS) is 19.7. The summed E-state index contributed by atoms with van der Waals surface area (Å²) in [6, 6.07) is 0. The topological polar surface area (TPSA) is 50.4 Å². The molecule has 1 saturated carbocycles. The standard InChI is InChI=1S/C14H28N2O2/c1-12(10-15-2)13(17)16-11-14(8-9-18-3)6-4-5-7-14/h12,15H,4-11H2,1-3H3,(H,16,17). The van der Waals surface area contributed by atoms with Crippen molar-refractivity contribution in [2.45, 2.75) is 39.0 Å². The number of methoxy groups -OCH3 is 1. The maximum Gasteiger partial charge on any atom is 0.224 e. The Hall–Kier alpha value is -0.610. The van der Waals surface area contributed by atoms with Gasteiger partial charge in [0.25, 0.3) is 0 Å². The lowest BCUT2D eigenvalue weighted by Gasteiger charge is -2.29. The summed E-state index contributed by atoms with van der Waals surface area (Å²) >= 11 is 0. The highest BCUT2D eigenvalue weighted by Gasteiger charge is 2.33. The molecule has 0 aromatic heterocycles. The molecule has 1 amide bonds. The van der Waals surface area contributed by atoms with Gasteiger partial charge in [0, 0.05) is 32.7 Å². The molecule has 0 spiro atoms. The summed E-state index contributed by atoms with van der Waals surface area (Å²) in [4.78, 5) is 11.9. The second kappa shape index (κ2) is 7.74. The van der Waals surface area contributed by atoms with Crippen molar-refractivity contribution in [3.8, 4) is 0 Å². The van der Waals surface area contributed by atoms with Crippen molar-refractivity contribution in [1.29, 1.82) is 0 Å². The van der Waals surface area contributed by atoms with Crippen LogP contribution in [0.15, 0.2) is 0 Å². The molecule has 0 saturated heterocycles. The van der Waals surface area contributed by atoms with Crippen molar-refractivity contribution in [3.05, 3.63) is 0 Å². The van der Waals surface area contributed by atoms with Crippen LogP contribution >= 0.6 is 0 Å². The average molecular weight is 256 g/mol. The Bertz CT molecular complexity index is 250. The molecule has 0 bridgehead atoms. The second-order valence-corrected chi connectivity index (χ2v) is 5.63. The largest absolute Gasteiger partial charge is 0.385 e.